The van der Waals surface area contributed by atoms with Gasteiger partial charge in [0.15, 0.2) is 0 Å². The fraction of sp³-hybridized carbons (Fsp3) is 0.278. The average Bonchev–Trinajstić information content (AvgIpc) is 3.13. The molecule has 1 aromatic carbocycles. The minimum atomic E-state index is -3.71. The molecule has 0 spiro atoms. The zero-order chi connectivity index (χ0) is 17.2. The molecule has 0 radical (unpaired) electrons. The lowest BCUT2D eigenvalue weighted by molar-refractivity contribution is 0.475. The summed E-state index contributed by atoms with van der Waals surface area (Å²) in [6, 6.07) is 10.7. The molecule has 0 atom stereocenters. The molecular weight excluding hydrogens is 324 g/mol. The molecule has 1 aliphatic rings. The Hall–Kier alpha value is -2.18. The third-order valence-corrected chi connectivity index (χ3v) is 6.15. The lowest BCUT2D eigenvalue weighted by atomic mass is 10.1. The van der Waals surface area contributed by atoms with Crippen LogP contribution in [0.15, 0.2) is 58.9 Å². The molecular formula is C18H20N2O3S. The highest BCUT2D eigenvalue weighted by molar-refractivity contribution is 7.89. The second-order valence-corrected chi connectivity index (χ2v) is 7.77. The van der Waals surface area contributed by atoms with Crippen molar-refractivity contribution in [3.05, 3.63) is 70.7 Å². The Balaban J connectivity index is 1.93. The van der Waals surface area contributed by atoms with Crippen LogP contribution in [0.25, 0.3) is 6.08 Å². The first-order valence-electron chi connectivity index (χ1n) is 7.93. The van der Waals surface area contributed by atoms with E-state index >= 15 is 0 Å². The van der Waals surface area contributed by atoms with Gasteiger partial charge in [0.05, 0.1) is 6.54 Å². The monoisotopic (exact) mass is 344 g/mol. The molecule has 24 heavy (non-hydrogen) atoms. The summed E-state index contributed by atoms with van der Waals surface area (Å²) in [4.78, 5) is 12.5. The SMILES string of the molecule is C=Cc1ccc(Cn2cccc(S(=O)(=O)N3CCCC3)c2=O)cc1. The molecule has 1 aromatic heterocycles. The molecule has 1 saturated heterocycles. The van der Waals surface area contributed by atoms with E-state index in [9.17, 15) is 13.2 Å². The van der Waals surface area contributed by atoms with Crippen LogP contribution in [-0.2, 0) is 16.6 Å². The van der Waals surface area contributed by atoms with Gasteiger partial charge in [-0.15, -0.1) is 0 Å². The zero-order valence-electron chi connectivity index (χ0n) is 13.4. The summed E-state index contributed by atoms with van der Waals surface area (Å²) >= 11 is 0. The largest absolute Gasteiger partial charge is 0.310 e. The van der Waals surface area contributed by atoms with Gasteiger partial charge >= 0.3 is 0 Å². The smallest absolute Gasteiger partial charge is 0.271 e. The number of hydrogen-bond donors (Lipinski definition) is 0. The van der Waals surface area contributed by atoms with Crippen molar-refractivity contribution in [3.8, 4) is 0 Å². The summed E-state index contributed by atoms with van der Waals surface area (Å²) in [5.41, 5.74) is 1.45. The highest BCUT2D eigenvalue weighted by Gasteiger charge is 2.29. The van der Waals surface area contributed by atoms with Crippen LogP contribution >= 0.6 is 0 Å². The predicted octanol–water partition coefficient (Wildman–Crippen LogP) is 2.32. The Labute approximate surface area is 141 Å². The van der Waals surface area contributed by atoms with Crippen LogP contribution in [0.3, 0.4) is 0 Å². The standard InChI is InChI=1S/C18H20N2O3S/c1-2-15-7-9-16(10-8-15)14-19-11-5-6-17(18(19)21)24(22,23)20-12-3-4-13-20/h2,5-11H,1,3-4,12-14H2. The molecule has 1 fully saturated rings. The third-order valence-electron chi connectivity index (χ3n) is 4.24. The van der Waals surface area contributed by atoms with Crippen LogP contribution in [-0.4, -0.2) is 30.4 Å². The van der Waals surface area contributed by atoms with E-state index in [-0.39, 0.29) is 4.90 Å². The van der Waals surface area contributed by atoms with Crippen molar-refractivity contribution in [2.45, 2.75) is 24.3 Å². The van der Waals surface area contributed by atoms with E-state index < -0.39 is 15.6 Å². The van der Waals surface area contributed by atoms with E-state index in [1.807, 2.05) is 24.3 Å². The summed E-state index contributed by atoms with van der Waals surface area (Å²) in [5, 5.41) is 0. The summed E-state index contributed by atoms with van der Waals surface area (Å²) in [6.07, 6.45) is 5.05. The third kappa shape index (κ3) is 3.20. The number of pyridine rings is 1. The maximum absolute atomic E-state index is 12.6. The first-order valence-corrected chi connectivity index (χ1v) is 9.37. The summed E-state index contributed by atoms with van der Waals surface area (Å²) in [6.45, 7) is 5.01. The molecule has 3 rings (SSSR count). The molecule has 6 heteroatoms. The van der Waals surface area contributed by atoms with E-state index in [1.54, 1.807) is 18.3 Å². The number of aromatic nitrogens is 1. The second-order valence-electron chi connectivity index (χ2n) is 5.86. The fourth-order valence-corrected chi connectivity index (χ4v) is 4.46. The predicted molar refractivity (Wildman–Crippen MR) is 94.3 cm³/mol. The van der Waals surface area contributed by atoms with Crippen molar-refractivity contribution in [3.63, 3.8) is 0 Å². The zero-order valence-corrected chi connectivity index (χ0v) is 14.2. The van der Waals surface area contributed by atoms with Crippen LogP contribution in [0.1, 0.15) is 24.0 Å². The Morgan fingerprint density at radius 3 is 2.38 bits per heavy atom. The van der Waals surface area contributed by atoms with Gasteiger partial charge in [-0.05, 0) is 36.1 Å². The molecule has 0 aliphatic carbocycles. The van der Waals surface area contributed by atoms with Gasteiger partial charge in [0.1, 0.15) is 4.90 Å². The summed E-state index contributed by atoms with van der Waals surface area (Å²) in [7, 11) is -3.71. The van der Waals surface area contributed by atoms with Gasteiger partial charge in [0.2, 0.25) is 10.0 Å². The number of nitrogens with zero attached hydrogens (tertiary/aromatic N) is 2. The van der Waals surface area contributed by atoms with Gasteiger partial charge in [-0.3, -0.25) is 4.79 Å². The molecule has 126 valence electrons. The highest BCUT2D eigenvalue weighted by atomic mass is 32.2. The topological polar surface area (TPSA) is 59.4 Å². The maximum atomic E-state index is 12.6. The minimum absolute atomic E-state index is 0.144. The second kappa shape index (κ2) is 6.75. The van der Waals surface area contributed by atoms with Crippen LogP contribution in [0.2, 0.25) is 0 Å². The molecule has 0 unspecified atom stereocenters. The Morgan fingerprint density at radius 2 is 1.75 bits per heavy atom. The van der Waals surface area contributed by atoms with E-state index in [0.717, 1.165) is 24.0 Å². The average molecular weight is 344 g/mol. The number of rotatable bonds is 5. The molecule has 0 N–H and O–H groups in total. The first-order chi connectivity index (χ1) is 11.5. The van der Waals surface area contributed by atoms with Gasteiger partial charge in [-0.1, -0.05) is 36.9 Å². The van der Waals surface area contributed by atoms with Crippen molar-refractivity contribution in [2.24, 2.45) is 0 Å². The lowest BCUT2D eigenvalue weighted by Gasteiger charge is -2.16. The quantitative estimate of drug-likeness (QED) is 0.836. The molecule has 2 aromatic rings. The molecule has 1 aliphatic heterocycles. The fourth-order valence-electron chi connectivity index (χ4n) is 2.86. The van der Waals surface area contributed by atoms with Gasteiger partial charge in [0.25, 0.3) is 5.56 Å². The maximum Gasteiger partial charge on any atom is 0.271 e. The highest BCUT2D eigenvalue weighted by Crippen LogP contribution is 2.18. The Kier molecular flexibility index (Phi) is 4.69. The van der Waals surface area contributed by atoms with Crippen molar-refractivity contribution >= 4 is 16.1 Å². The van der Waals surface area contributed by atoms with E-state index in [0.29, 0.717) is 19.6 Å². The van der Waals surface area contributed by atoms with Crippen molar-refractivity contribution in [1.82, 2.24) is 8.87 Å². The lowest BCUT2D eigenvalue weighted by Crippen LogP contribution is -2.34. The van der Waals surface area contributed by atoms with Crippen molar-refractivity contribution in [1.29, 1.82) is 0 Å². The Bertz CT molecular complexity index is 893. The van der Waals surface area contributed by atoms with Crippen molar-refractivity contribution in [2.75, 3.05) is 13.1 Å². The van der Waals surface area contributed by atoms with Gasteiger partial charge in [-0.25, -0.2) is 8.42 Å². The molecule has 0 bridgehead atoms. The van der Waals surface area contributed by atoms with Crippen LogP contribution in [0.5, 0.6) is 0 Å². The van der Waals surface area contributed by atoms with Gasteiger partial charge in [-0.2, -0.15) is 4.31 Å². The molecule has 0 amide bonds. The molecule has 2 heterocycles. The summed E-state index contributed by atoms with van der Waals surface area (Å²) in [5.74, 6) is 0. The first kappa shape index (κ1) is 16.7. The normalized spacial score (nSPS) is 15.5. The van der Waals surface area contributed by atoms with Crippen LogP contribution < -0.4 is 5.56 Å². The van der Waals surface area contributed by atoms with Crippen molar-refractivity contribution < 1.29 is 8.42 Å². The van der Waals surface area contributed by atoms with E-state index in [4.69, 9.17) is 0 Å². The number of benzene rings is 1. The summed E-state index contributed by atoms with van der Waals surface area (Å²) < 4.78 is 28.1. The number of hydrogen-bond acceptors (Lipinski definition) is 3. The van der Waals surface area contributed by atoms with Gasteiger partial charge in [0, 0.05) is 19.3 Å². The Morgan fingerprint density at radius 1 is 1.08 bits per heavy atom. The number of sulfonamides is 1. The van der Waals surface area contributed by atoms with E-state index in [1.165, 1.54) is 14.9 Å². The minimum Gasteiger partial charge on any atom is -0.310 e. The molecule has 5 nitrogen and oxygen atoms in total. The van der Waals surface area contributed by atoms with Crippen LogP contribution in [0, 0.1) is 0 Å². The van der Waals surface area contributed by atoms with Gasteiger partial charge < -0.3 is 4.57 Å². The molecule has 0 saturated carbocycles. The van der Waals surface area contributed by atoms with E-state index in [2.05, 4.69) is 6.58 Å². The van der Waals surface area contributed by atoms with Crippen LogP contribution in [0.4, 0.5) is 0 Å².